The van der Waals surface area contributed by atoms with Gasteiger partial charge in [-0.2, -0.15) is 10.2 Å². The Morgan fingerprint density at radius 2 is 1.09 bits per heavy atom. The number of ether oxygens (including phenoxy) is 2. The van der Waals surface area contributed by atoms with Crippen LogP contribution < -0.4 is 20.4 Å². The Labute approximate surface area is 437 Å². The summed E-state index contributed by atoms with van der Waals surface area (Å²) in [6, 6.07) is 27.4. The zero-order chi connectivity index (χ0) is 51.6. The number of urea groups is 2. The molecular formula is C58H78N12O4. The summed E-state index contributed by atoms with van der Waals surface area (Å²) in [6.07, 6.45) is 12.9. The molecule has 4 saturated heterocycles. The Balaban J connectivity index is 0.681. The van der Waals surface area contributed by atoms with Crippen LogP contribution in [0.25, 0.3) is 33.3 Å². The van der Waals surface area contributed by atoms with Gasteiger partial charge in [0.25, 0.3) is 0 Å². The monoisotopic (exact) mass is 1010 g/mol. The smallest absolute Gasteiger partial charge is 0.317 e. The Hall–Kier alpha value is -6.20. The molecule has 16 nitrogen and oxygen atoms in total. The van der Waals surface area contributed by atoms with Crippen LogP contribution in [0.1, 0.15) is 77.8 Å². The molecule has 4 aromatic heterocycles. The molecule has 394 valence electrons. The van der Waals surface area contributed by atoms with Gasteiger partial charge in [0.2, 0.25) is 0 Å². The molecule has 0 saturated carbocycles. The minimum Gasteiger partial charge on any atom is -0.372 e. The Morgan fingerprint density at radius 3 is 1.59 bits per heavy atom. The van der Waals surface area contributed by atoms with Crippen LogP contribution in [0.3, 0.4) is 0 Å². The van der Waals surface area contributed by atoms with Crippen LogP contribution in [0.15, 0.2) is 97.6 Å². The molecule has 0 radical (unpaired) electrons. The molecule has 2 N–H and O–H groups in total. The molecule has 8 heterocycles. The van der Waals surface area contributed by atoms with E-state index < -0.39 is 0 Å². The van der Waals surface area contributed by atoms with Crippen molar-refractivity contribution in [2.45, 2.75) is 96.1 Å². The topological polar surface area (TPSA) is 131 Å². The Morgan fingerprint density at radius 1 is 0.595 bits per heavy atom. The maximum atomic E-state index is 13.4. The van der Waals surface area contributed by atoms with Crippen molar-refractivity contribution < 1.29 is 19.1 Å². The average Bonchev–Trinajstić information content (AvgIpc) is 4.21. The van der Waals surface area contributed by atoms with E-state index in [1.54, 1.807) is 0 Å². The van der Waals surface area contributed by atoms with Crippen molar-refractivity contribution in [3.63, 3.8) is 0 Å². The van der Waals surface area contributed by atoms with Gasteiger partial charge in [-0.1, -0.05) is 48.5 Å². The van der Waals surface area contributed by atoms with Gasteiger partial charge in [0, 0.05) is 147 Å². The van der Waals surface area contributed by atoms with Crippen LogP contribution >= 0.6 is 0 Å². The minimum absolute atomic E-state index is 0.00547. The zero-order valence-electron chi connectivity index (χ0n) is 44.8. The molecule has 0 bridgehead atoms. The van der Waals surface area contributed by atoms with E-state index in [0.717, 1.165) is 129 Å². The molecule has 0 spiro atoms. The number of nitrogens with one attached hydrogen (secondary N) is 2. The third kappa shape index (κ3) is 10.6. The molecule has 74 heavy (non-hydrogen) atoms. The standard InChI is InChI=1S/C58H78N12O4/c1-42(2)62-56(72)66-34-30-64(31-35-66)52-20-25-61-70-39-48(37-54(52)70)46-13-17-50(18-14-46)58(74-7)22-27-68(41-58)44(5)10-8-23-59-55(71)65-32-28-63(29-33-65)51-19-24-60-69-38-47(36-53(51)69)45-11-15-49(16-12-45)57(73-6)21-9-26-67(40-57)43(3)4/h11-20,24-25,36-39,42-44H,8-10,21-23,26-35,40-41H2,1-7H3,(H,59,71)(H,62,72)/t44?,57-,58-/m0/s1. The van der Waals surface area contributed by atoms with Crippen molar-refractivity contribution in [2.24, 2.45) is 0 Å². The number of likely N-dealkylation sites (tertiary alicyclic amines) is 2. The van der Waals surface area contributed by atoms with E-state index in [0.29, 0.717) is 44.8 Å². The first kappa shape index (κ1) is 51.3. The second-order valence-corrected chi connectivity index (χ2v) is 21.8. The van der Waals surface area contributed by atoms with Gasteiger partial charge in [-0.25, -0.2) is 18.6 Å². The molecule has 0 aliphatic carbocycles. The van der Waals surface area contributed by atoms with Crippen LogP contribution in [0, 0.1) is 0 Å². The number of fused-ring (bicyclic) bond motifs is 2. The molecule has 1 unspecified atom stereocenters. The van der Waals surface area contributed by atoms with E-state index in [4.69, 9.17) is 9.47 Å². The van der Waals surface area contributed by atoms with E-state index >= 15 is 0 Å². The third-order valence-electron chi connectivity index (χ3n) is 16.6. The Kier molecular flexibility index (Phi) is 15.2. The molecule has 6 aromatic rings. The summed E-state index contributed by atoms with van der Waals surface area (Å²) in [6.45, 7) is 21.0. The van der Waals surface area contributed by atoms with Gasteiger partial charge in [-0.15, -0.1) is 0 Å². The number of methoxy groups -OCH3 is 2. The quantitative estimate of drug-likeness (QED) is 0.0973. The molecular weight excluding hydrogens is 929 g/mol. The van der Waals surface area contributed by atoms with Crippen molar-refractivity contribution in [3.8, 4) is 22.3 Å². The van der Waals surface area contributed by atoms with E-state index in [-0.39, 0.29) is 29.3 Å². The molecule has 4 aliphatic heterocycles. The van der Waals surface area contributed by atoms with Crippen molar-refractivity contribution in [1.29, 1.82) is 0 Å². The van der Waals surface area contributed by atoms with Gasteiger partial charge in [0.05, 0.1) is 22.4 Å². The highest BCUT2D eigenvalue weighted by Crippen LogP contribution is 2.40. The van der Waals surface area contributed by atoms with Gasteiger partial charge in [0.1, 0.15) is 11.2 Å². The van der Waals surface area contributed by atoms with Crippen LogP contribution in [-0.2, 0) is 20.7 Å². The second-order valence-electron chi connectivity index (χ2n) is 21.8. The fourth-order valence-electron chi connectivity index (χ4n) is 12.0. The van der Waals surface area contributed by atoms with Gasteiger partial charge in [-0.3, -0.25) is 9.80 Å². The maximum Gasteiger partial charge on any atom is 0.317 e. The average molecular weight is 1010 g/mol. The summed E-state index contributed by atoms with van der Waals surface area (Å²) in [5, 5.41) is 15.6. The maximum absolute atomic E-state index is 13.4. The SMILES string of the molecule is CO[C@@]1(c2ccc(-c3cc4c(N5CCN(C(=O)NCCCC(C)N6CC[C@@](OC)(c7ccc(-c8cc9c(N%10CCN(C(=O)NC(C)C)CC%10)ccnn9c8)cc7)C6)CC5)ccnn4c3)cc2)CCCN(C(C)C)C1. The number of carbonyl (C=O) groups is 2. The fourth-order valence-corrected chi connectivity index (χ4v) is 12.0. The van der Waals surface area contributed by atoms with Crippen molar-refractivity contribution in [1.82, 2.24) is 49.5 Å². The van der Waals surface area contributed by atoms with Gasteiger partial charge in [0.15, 0.2) is 0 Å². The molecule has 4 aliphatic rings. The number of piperidine rings is 1. The molecule has 4 amide bonds. The number of benzene rings is 2. The summed E-state index contributed by atoms with van der Waals surface area (Å²) >= 11 is 0. The lowest BCUT2D eigenvalue weighted by Crippen LogP contribution is -2.53. The number of hydrogen-bond donors (Lipinski definition) is 2. The number of hydrogen-bond acceptors (Lipinski definition) is 10. The first-order chi connectivity index (χ1) is 35.9. The fraction of sp³-hybridized carbons (Fsp3) is 0.517. The van der Waals surface area contributed by atoms with Gasteiger partial charge in [-0.05, 0) is 120 Å². The summed E-state index contributed by atoms with van der Waals surface area (Å²) < 4.78 is 16.5. The number of anilines is 2. The summed E-state index contributed by atoms with van der Waals surface area (Å²) in [7, 11) is 3.69. The van der Waals surface area contributed by atoms with Crippen LogP contribution in [0.5, 0.6) is 0 Å². The van der Waals surface area contributed by atoms with Crippen molar-refractivity contribution in [3.05, 3.63) is 109 Å². The highest BCUT2D eigenvalue weighted by Gasteiger charge is 2.42. The highest BCUT2D eigenvalue weighted by molar-refractivity contribution is 5.82. The summed E-state index contributed by atoms with van der Waals surface area (Å²) in [5.41, 5.74) is 10.7. The molecule has 10 rings (SSSR count). The molecule has 2 aromatic carbocycles. The Bertz CT molecular complexity index is 2870. The minimum atomic E-state index is -0.380. The first-order valence-electron chi connectivity index (χ1n) is 27.2. The number of nitrogens with zero attached hydrogens (tertiary/aromatic N) is 10. The lowest BCUT2D eigenvalue weighted by Gasteiger charge is -2.44. The number of amides is 4. The van der Waals surface area contributed by atoms with Crippen molar-refractivity contribution in [2.75, 3.05) is 109 Å². The third-order valence-corrected chi connectivity index (χ3v) is 16.6. The van der Waals surface area contributed by atoms with E-state index in [1.807, 2.05) is 59.3 Å². The second kappa shape index (κ2) is 21.9. The summed E-state index contributed by atoms with van der Waals surface area (Å²) in [4.78, 5) is 39.7. The number of carbonyl (C=O) groups excluding carboxylic acids is 2. The van der Waals surface area contributed by atoms with Gasteiger partial charge >= 0.3 is 12.1 Å². The lowest BCUT2D eigenvalue weighted by atomic mass is 9.84. The van der Waals surface area contributed by atoms with E-state index in [9.17, 15) is 9.59 Å². The molecule has 4 fully saturated rings. The normalized spacial score (nSPS) is 21.6. The molecule has 3 atom stereocenters. The largest absolute Gasteiger partial charge is 0.372 e. The van der Waals surface area contributed by atoms with Crippen LogP contribution in [-0.4, -0.2) is 168 Å². The first-order valence-corrected chi connectivity index (χ1v) is 27.2. The zero-order valence-corrected chi connectivity index (χ0v) is 44.8. The lowest BCUT2D eigenvalue weighted by molar-refractivity contribution is -0.0767. The predicted molar refractivity (Wildman–Crippen MR) is 294 cm³/mol. The van der Waals surface area contributed by atoms with E-state index in [2.05, 4.69) is 146 Å². The van der Waals surface area contributed by atoms with Gasteiger partial charge < -0.3 is 39.7 Å². The predicted octanol–water partition coefficient (Wildman–Crippen LogP) is 8.15. The van der Waals surface area contributed by atoms with Crippen LogP contribution in [0.2, 0.25) is 0 Å². The highest BCUT2D eigenvalue weighted by atomic mass is 16.5. The molecule has 16 heteroatoms. The summed E-state index contributed by atoms with van der Waals surface area (Å²) in [5.74, 6) is 0. The van der Waals surface area contributed by atoms with E-state index in [1.165, 1.54) is 11.1 Å². The number of rotatable bonds is 15. The number of aromatic nitrogens is 4. The number of piperazine rings is 2. The van der Waals surface area contributed by atoms with Crippen molar-refractivity contribution >= 4 is 34.5 Å². The van der Waals surface area contributed by atoms with Crippen LogP contribution in [0.4, 0.5) is 21.0 Å².